The number of pyridine rings is 3. The van der Waals surface area contributed by atoms with Crippen molar-refractivity contribution in [2.45, 2.75) is 182 Å². The second-order valence-electron chi connectivity index (χ2n) is 40.0. The highest BCUT2D eigenvalue weighted by Crippen LogP contribution is 2.41. The standard InChI is InChI=1S/C27H31N2.C25H30N3.C21H28N3.C14H15N4.2C14H16N.C13H14N.3CH4/c1-18(2)21-14-11-15-22(19(3)4)26(21)29-25-17-10-9-16-24(25)28(6)27(29)23-13-8-7-12-20(23)5;1-17(2)19-11-9-12-20(18(3)4)24(19)28-22-14-8-7-13-21(22)27(6)25(28)23-15-10-16-26(23)5;1-15(2)17-9-7-10-18(16(3)4)20(17)24-14-13-23(6)21(24)19-11-8-12-22(19)5;1-16-9-8-15-13(16)14-17(2)10-11-18(14)12-6-4-3-5-7-12;1-11-8-9-15(3)14(10-11)13-7-5-4-6-12(13)2;1-11-8-9-14(15(3)10-11)13-7-5-4-6-12(13)2;1-11-7-3-4-8-12(11)13-9-5-6-10-14(13)2;;;/h7-19H,1-6H3;7-18H,1-6H3;7-16H,1-6H3;3-11H,1-2H3;2*4-10H,1-3H3;3-10H,1-2H3;3*1H4/q7*+1;;;. The molecule has 0 aliphatic carbocycles. The average molecular weight is 1950 g/mol. The zero-order valence-electron chi connectivity index (χ0n) is 89.8. The van der Waals surface area contributed by atoms with Crippen LogP contribution in [0.3, 0.4) is 0 Å². The molecule has 0 radical (unpaired) electrons. The van der Waals surface area contributed by atoms with Crippen molar-refractivity contribution in [1.82, 2.24) is 37.0 Å². The minimum Gasteiger partial charge on any atom is -0.344 e. The highest BCUT2D eigenvalue weighted by molar-refractivity contribution is 5.82. The molecule has 0 fully saturated rings. The van der Waals surface area contributed by atoms with E-state index in [9.17, 15) is 0 Å². The van der Waals surface area contributed by atoms with E-state index < -0.39 is 0 Å². The van der Waals surface area contributed by atoms with Crippen LogP contribution < -0.4 is 32.0 Å². The summed E-state index contributed by atoms with van der Waals surface area (Å²) in [4.78, 5) is 4.43. The highest BCUT2D eigenvalue weighted by atomic mass is 15.2. The molecule has 0 atom stereocenters. The number of hydrogen-bond acceptors (Lipinski definition) is 1. The van der Waals surface area contributed by atoms with Crippen LogP contribution in [0.25, 0.3) is 125 Å². The zero-order valence-corrected chi connectivity index (χ0v) is 89.8. The number of imidazole rings is 5. The lowest BCUT2D eigenvalue weighted by Crippen LogP contribution is -2.31. The van der Waals surface area contributed by atoms with Crippen molar-refractivity contribution in [3.05, 3.63) is 432 Å². The van der Waals surface area contributed by atoms with E-state index in [1.54, 1.807) is 0 Å². The van der Waals surface area contributed by atoms with Gasteiger partial charge in [-0.15, -0.1) is 0 Å². The molecule has 0 amide bonds. The van der Waals surface area contributed by atoms with Gasteiger partial charge in [-0.2, -0.15) is 18.3 Å². The fraction of sp³-hybridized carbons (Fsp3) is 0.282. The number of benzene rings is 10. The summed E-state index contributed by atoms with van der Waals surface area (Å²) in [5.74, 6) is 8.41. The van der Waals surface area contributed by atoms with Gasteiger partial charge in [0.15, 0.2) is 40.7 Å². The zero-order chi connectivity index (χ0) is 102. The van der Waals surface area contributed by atoms with Gasteiger partial charge in [-0.3, -0.25) is 0 Å². The Kier molecular flexibility index (Phi) is 38.0. The molecule has 146 heavy (non-hydrogen) atoms. The van der Waals surface area contributed by atoms with Gasteiger partial charge < -0.3 is 13.7 Å². The normalized spacial score (nSPS) is 10.9. The van der Waals surface area contributed by atoms with Gasteiger partial charge in [-0.25, -0.2) is 37.0 Å². The van der Waals surface area contributed by atoms with Crippen molar-refractivity contribution in [2.75, 3.05) is 0 Å². The highest BCUT2D eigenvalue weighted by Gasteiger charge is 2.35. The van der Waals surface area contributed by atoms with Crippen LogP contribution in [0, 0.1) is 41.5 Å². The van der Waals surface area contributed by atoms with Gasteiger partial charge in [-0.05, 0) is 202 Å². The first-order valence-corrected chi connectivity index (χ1v) is 50.6. The molecule has 0 bridgehead atoms. The molecule has 0 N–H and O–H groups in total. The van der Waals surface area contributed by atoms with E-state index in [4.69, 9.17) is 0 Å². The molecule has 0 aliphatic heterocycles. The van der Waals surface area contributed by atoms with E-state index in [-0.39, 0.29) is 22.3 Å². The second kappa shape index (κ2) is 49.9. The molecule has 15 heteroatoms. The van der Waals surface area contributed by atoms with Gasteiger partial charge in [0, 0.05) is 132 Å². The number of fused-ring (bicyclic) bond motifs is 2. The summed E-state index contributed by atoms with van der Waals surface area (Å²) in [6, 6.07) is 106. The number of aryl methyl sites for hydroxylation is 16. The van der Waals surface area contributed by atoms with Crippen LogP contribution in [0.5, 0.6) is 0 Å². The second-order valence-corrected chi connectivity index (χ2v) is 40.0. The third-order valence-electron chi connectivity index (χ3n) is 27.4. The summed E-state index contributed by atoms with van der Waals surface area (Å²) in [6.45, 7) is 40.3. The molecule has 0 saturated heterocycles. The SMILES string of the molecule is C.C.C.CC(C)c1cccc(C(C)C)c1-n1c(-c2cccn2C)[n+](C)c2ccccc21.CC(C)c1cccc(C(C)C)c1-n1cc[n+](C)c1-c1cccn1C.Cc1cc[n+](C)c(-c2ccccc2C)c1.Cc1ccc(-c2ccccc2C)[n+](C)c1.Cc1ccccc1-c1cccc[n+]1C.Cc1ccccc1-c1n(-c2c(C(C)C)cccc2C(C)C)c2ccccc2[n+]1C.Cn1ccnc1-c1n(-c2ccccc2)cc[n+]1C. The minimum absolute atomic E-state index is 0. The third kappa shape index (κ3) is 24.4. The maximum absolute atomic E-state index is 4.43. The van der Waals surface area contributed by atoms with Crippen molar-refractivity contribution in [1.29, 1.82) is 0 Å². The summed E-state index contributed by atoms with van der Waals surface area (Å²) < 4.78 is 31.3. The number of nitrogens with zero attached hydrogens (tertiary/aromatic N) is 15. The molecule has 0 saturated carbocycles. The molecule has 15 nitrogen and oxygen atoms in total. The molecule has 20 rings (SSSR count). The summed E-state index contributed by atoms with van der Waals surface area (Å²) >= 11 is 0. The molecule has 10 aromatic carbocycles. The first kappa shape index (κ1) is 111. The summed E-state index contributed by atoms with van der Waals surface area (Å²) in [6.07, 6.45) is 22.8. The van der Waals surface area contributed by atoms with Crippen LogP contribution in [0.2, 0.25) is 0 Å². The fourth-order valence-electron chi connectivity index (χ4n) is 19.6. The Labute approximate surface area is 872 Å². The van der Waals surface area contributed by atoms with E-state index in [0.29, 0.717) is 35.5 Å². The van der Waals surface area contributed by atoms with Crippen molar-refractivity contribution in [2.24, 2.45) is 70.5 Å². The molecular weight excluding hydrogens is 1780 g/mol. The van der Waals surface area contributed by atoms with Crippen molar-refractivity contribution in [3.63, 3.8) is 0 Å². The number of para-hydroxylation sites is 8. The van der Waals surface area contributed by atoms with Crippen LogP contribution in [0.15, 0.2) is 365 Å². The van der Waals surface area contributed by atoms with Gasteiger partial charge in [-0.1, -0.05) is 275 Å². The summed E-state index contributed by atoms with van der Waals surface area (Å²) in [7, 11) is 21.0. The largest absolute Gasteiger partial charge is 0.344 e. The van der Waals surface area contributed by atoms with Crippen LogP contribution in [-0.2, 0) is 70.5 Å². The van der Waals surface area contributed by atoms with Crippen molar-refractivity contribution < 1.29 is 32.0 Å². The quantitative estimate of drug-likeness (QED) is 0.0837. The molecular formula is C131H162N15+7. The third-order valence-corrected chi connectivity index (χ3v) is 27.4. The molecule has 10 aromatic heterocycles. The predicted octanol–water partition coefficient (Wildman–Crippen LogP) is 28.6. The van der Waals surface area contributed by atoms with E-state index >= 15 is 0 Å². The van der Waals surface area contributed by atoms with E-state index in [0.717, 1.165) is 17.3 Å². The Bertz CT molecular complexity index is 7630. The number of rotatable bonds is 17. The van der Waals surface area contributed by atoms with Crippen LogP contribution in [0.1, 0.15) is 208 Å². The van der Waals surface area contributed by atoms with Gasteiger partial charge in [0.2, 0.25) is 22.9 Å². The maximum atomic E-state index is 4.43. The van der Waals surface area contributed by atoms with Crippen molar-refractivity contribution >= 4 is 22.1 Å². The lowest BCUT2D eigenvalue weighted by atomic mass is 9.92. The Morgan fingerprint density at radius 2 is 0.637 bits per heavy atom. The van der Waals surface area contributed by atoms with E-state index in [2.05, 4.69) is 568 Å². The maximum Gasteiger partial charge on any atom is 0.330 e. The molecule has 0 unspecified atom stereocenters. The monoisotopic (exact) mass is 1950 g/mol. The molecule has 0 spiro atoms. The van der Waals surface area contributed by atoms with Crippen LogP contribution >= 0.6 is 0 Å². The summed E-state index contributed by atoms with van der Waals surface area (Å²) in [5.41, 5.74) is 37.7. The Hall–Kier alpha value is -15.2. The predicted molar refractivity (Wildman–Crippen MR) is 612 cm³/mol. The lowest BCUT2D eigenvalue weighted by Gasteiger charge is -2.18. The van der Waals surface area contributed by atoms with E-state index in [1.165, 1.54) is 174 Å². The topological polar surface area (TPSA) is 74.6 Å². The molecule has 20 aromatic rings. The Balaban J connectivity index is 0.000000164. The van der Waals surface area contributed by atoms with Crippen LogP contribution in [0.4, 0.5) is 0 Å². The van der Waals surface area contributed by atoms with Gasteiger partial charge in [0.05, 0.1) is 33.8 Å². The summed E-state index contributed by atoms with van der Waals surface area (Å²) in [5, 5.41) is 0. The van der Waals surface area contributed by atoms with Crippen molar-refractivity contribution in [3.8, 4) is 103 Å². The lowest BCUT2D eigenvalue weighted by molar-refractivity contribution is -0.660. The van der Waals surface area contributed by atoms with Gasteiger partial charge in [0.25, 0.3) is 5.82 Å². The average Bonchev–Trinajstić information content (AvgIpc) is 1.58. The first-order valence-electron chi connectivity index (χ1n) is 50.6. The number of hydrogen-bond donors (Lipinski definition) is 0. The van der Waals surface area contributed by atoms with E-state index in [1.807, 2.05) is 61.5 Å². The number of aromatic nitrogens is 15. The fourth-order valence-corrected chi connectivity index (χ4v) is 19.6. The van der Waals surface area contributed by atoms with Gasteiger partial charge >= 0.3 is 17.5 Å². The molecule has 754 valence electrons. The Morgan fingerprint density at radius 1 is 0.260 bits per heavy atom. The molecule has 10 heterocycles. The molecule has 0 aliphatic rings. The van der Waals surface area contributed by atoms with Gasteiger partial charge in [0.1, 0.15) is 80.1 Å². The smallest absolute Gasteiger partial charge is 0.330 e. The minimum atomic E-state index is 0. The van der Waals surface area contributed by atoms with Crippen LogP contribution in [-0.4, -0.2) is 37.0 Å². The Morgan fingerprint density at radius 3 is 1.06 bits per heavy atom. The first-order chi connectivity index (χ1) is 68.7.